The molecule has 1 aromatic heterocycles. The van der Waals surface area contributed by atoms with Crippen LogP contribution in [0.15, 0.2) is 84.4 Å². The zero-order chi connectivity index (χ0) is 25.3. The van der Waals surface area contributed by atoms with E-state index in [-0.39, 0.29) is 0 Å². The lowest BCUT2D eigenvalue weighted by atomic mass is 10.1. The van der Waals surface area contributed by atoms with Gasteiger partial charge in [0.15, 0.2) is 5.82 Å². The highest BCUT2D eigenvalue weighted by atomic mass is 16.5. The van der Waals surface area contributed by atoms with Crippen molar-refractivity contribution in [2.24, 2.45) is 5.29 Å². The predicted octanol–water partition coefficient (Wildman–Crippen LogP) is 6.92. The highest BCUT2D eigenvalue weighted by Crippen LogP contribution is 2.36. The lowest BCUT2D eigenvalue weighted by Crippen LogP contribution is -2.15. The van der Waals surface area contributed by atoms with Crippen LogP contribution in [-0.4, -0.2) is 17.0 Å². The van der Waals surface area contributed by atoms with E-state index in [1.807, 2.05) is 55.6 Å². The van der Waals surface area contributed by atoms with Crippen LogP contribution in [0.25, 0.3) is 0 Å². The van der Waals surface area contributed by atoms with Crippen LogP contribution in [0.5, 0.6) is 5.75 Å². The quantitative estimate of drug-likeness (QED) is 0.177. The Kier molecular flexibility index (Phi) is 8.08. The van der Waals surface area contributed by atoms with Gasteiger partial charge >= 0.3 is 0 Å². The van der Waals surface area contributed by atoms with E-state index in [1.165, 1.54) is 16.9 Å². The van der Waals surface area contributed by atoms with E-state index in [1.54, 1.807) is 12.1 Å². The molecule has 1 heterocycles. The van der Waals surface area contributed by atoms with Crippen molar-refractivity contribution in [2.45, 2.75) is 33.3 Å². The van der Waals surface area contributed by atoms with Crippen LogP contribution in [0.2, 0.25) is 0 Å². The highest BCUT2D eigenvalue weighted by molar-refractivity contribution is 5.79. The molecule has 0 aliphatic rings. The van der Waals surface area contributed by atoms with E-state index in [0.29, 0.717) is 36.0 Å². The average molecular weight is 483 g/mol. The SMILES string of the molecule is CCCc1ncnc(Nc2cccc(NC)c2)c1N(N=O)c1ccc(OCc2cccc(C)c2)cc1. The van der Waals surface area contributed by atoms with Crippen molar-refractivity contribution in [1.82, 2.24) is 9.97 Å². The largest absolute Gasteiger partial charge is 0.489 e. The molecule has 2 N–H and O–H groups in total. The summed E-state index contributed by atoms with van der Waals surface area (Å²) >= 11 is 0. The molecule has 0 amide bonds. The maximum absolute atomic E-state index is 12.1. The normalized spacial score (nSPS) is 10.5. The van der Waals surface area contributed by atoms with Crippen molar-refractivity contribution in [3.8, 4) is 5.75 Å². The van der Waals surface area contributed by atoms with Gasteiger partial charge in [-0.25, -0.2) is 9.97 Å². The van der Waals surface area contributed by atoms with Gasteiger partial charge in [-0.15, -0.1) is 4.91 Å². The molecule has 0 unspecified atom stereocenters. The molecule has 4 aromatic rings. The number of ether oxygens (including phenoxy) is 1. The number of hydrogen-bond donors (Lipinski definition) is 2. The minimum Gasteiger partial charge on any atom is -0.489 e. The first-order valence-electron chi connectivity index (χ1n) is 11.9. The highest BCUT2D eigenvalue weighted by Gasteiger charge is 2.21. The van der Waals surface area contributed by atoms with Crippen LogP contribution >= 0.6 is 0 Å². The fraction of sp³-hybridized carbons (Fsp3) is 0.214. The third-order valence-electron chi connectivity index (χ3n) is 5.66. The van der Waals surface area contributed by atoms with Gasteiger partial charge < -0.3 is 15.4 Å². The number of anilines is 5. The molecule has 0 radical (unpaired) electrons. The van der Waals surface area contributed by atoms with Crippen molar-refractivity contribution in [1.29, 1.82) is 0 Å². The summed E-state index contributed by atoms with van der Waals surface area (Å²) in [5.74, 6) is 1.20. The lowest BCUT2D eigenvalue weighted by Gasteiger charge is -2.21. The summed E-state index contributed by atoms with van der Waals surface area (Å²) in [6, 6.07) is 23.3. The zero-order valence-corrected chi connectivity index (χ0v) is 20.7. The molecule has 0 fully saturated rings. The number of nitrogens with zero attached hydrogens (tertiary/aromatic N) is 4. The average Bonchev–Trinajstić information content (AvgIpc) is 2.90. The molecule has 184 valence electrons. The summed E-state index contributed by atoms with van der Waals surface area (Å²) in [6.07, 6.45) is 3.04. The minimum atomic E-state index is 0.462. The molecule has 4 rings (SSSR count). The molecule has 0 aliphatic carbocycles. The van der Waals surface area contributed by atoms with Gasteiger partial charge in [-0.2, -0.15) is 5.01 Å². The Morgan fingerprint density at radius 1 is 0.972 bits per heavy atom. The standard InChI is InChI=1S/C28H30N6O2/c1-4-7-26-27(28(31-19-30-26)32-23-11-6-10-22(17-23)29-3)34(33-35)24-12-14-25(15-13-24)36-18-21-9-5-8-20(2)16-21/h5-6,8-17,19,29H,4,7,18H2,1-3H3,(H,30,31,32). The minimum absolute atomic E-state index is 0.462. The van der Waals surface area contributed by atoms with Gasteiger partial charge in [0.25, 0.3) is 0 Å². The molecule has 0 spiro atoms. The molecule has 0 saturated heterocycles. The van der Waals surface area contributed by atoms with E-state index in [9.17, 15) is 4.91 Å². The fourth-order valence-electron chi connectivity index (χ4n) is 3.91. The Bertz CT molecular complexity index is 1310. The number of nitroso groups, excluding NO2 is 1. The second-order valence-corrected chi connectivity index (χ2v) is 8.39. The van der Waals surface area contributed by atoms with Crippen molar-refractivity contribution >= 4 is 28.6 Å². The molecule has 0 saturated carbocycles. The van der Waals surface area contributed by atoms with E-state index in [0.717, 1.165) is 29.1 Å². The van der Waals surface area contributed by atoms with Crippen LogP contribution in [0, 0.1) is 11.8 Å². The van der Waals surface area contributed by atoms with E-state index in [2.05, 4.69) is 51.9 Å². The third-order valence-corrected chi connectivity index (χ3v) is 5.66. The molecule has 8 nitrogen and oxygen atoms in total. The molecule has 8 heteroatoms. The Balaban J connectivity index is 1.61. The summed E-state index contributed by atoms with van der Waals surface area (Å²) in [4.78, 5) is 21.1. The Hall–Kier alpha value is -4.46. The van der Waals surface area contributed by atoms with Crippen LogP contribution in [0.3, 0.4) is 0 Å². The van der Waals surface area contributed by atoms with Gasteiger partial charge in [0, 0.05) is 18.4 Å². The number of aryl methyl sites for hydroxylation is 2. The monoisotopic (exact) mass is 482 g/mol. The lowest BCUT2D eigenvalue weighted by molar-refractivity contribution is 0.306. The Morgan fingerprint density at radius 3 is 2.47 bits per heavy atom. The summed E-state index contributed by atoms with van der Waals surface area (Å²) in [6.45, 7) is 4.58. The van der Waals surface area contributed by atoms with Crippen molar-refractivity contribution in [3.05, 3.63) is 101 Å². The van der Waals surface area contributed by atoms with Gasteiger partial charge in [-0.1, -0.05) is 49.2 Å². The van der Waals surface area contributed by atoms with Crippen molar-refractivity contribution in [2.75, 3.05) is 22.7 Å². The molecule has 0 aliphatic heterocycles. The number of hydrogen-bond acceptors (Lipinski definition) is 7. The topological polar surface area (TPSA) is 91.7 Å². The first kappa shape index (κ1) is 24.7. The molecular weight excluding hydrogens is 452 g/mol. The first-order chi connectivity index (χ1) is 17.6. The molecular formula is C28H30N6O2. The molecule has 0 bridgehead atoms. The van der Waals surface area contributed by atoms with Gasteiger partial charge in [-0.05, 0) is 61.4 Å². The van der Waals surface area contributed by atoms with Crippen LogP contribution in [-0.2, 0) is 13.0 Å². The Morgan fingerprint density at radius 2 is 1.75 bits per heavy atom. The van der Waals surface area contributed by atoms with Crippen molar-refractivity contribution in [3.63, 3.8) is 0 Å². The smallest absolute Gasteiger partial charge is 0.160 e. The summed E-state index contributed by atoms with van der Waals surface area (Å²) in [7, 11) is 1.86. The predicted molar refractivity (Wildman–Crippen MR) is 145 cm³/mol. The molecule has 0 atom stereocenters. The zero-order valence-electron chi connectivity index (χ0n) is 20.7. The second-order valence-electron chi connectivity index (χ2n) is 8.39. The van der Waals surface area contributed by atoms with E-state index >= 15 is 0 Å². The molecule has 3 aromatic carbocycles. The van der Waals surface area contributed by atoms with Gasteiger partial charge in [0.2, 0.25) is 0 Å². The maximum Gasteiger partial charge on any atom is 0.160 e. The van der Waals surface area contributed by atoms with E-state index < -0.39 is 0 Å². The first-order valence-corrected chi connectivity index (χ1v) is 11.9. The molecule has 36 heavy (non-hydrogen) atoms. The van der Waals surface area contributed by atoms with Gasteiger partial charge in [0.05, 0.1) is 16.7 Å². The number of benzene rings is 3. The number of nitrogens with one attached hydrogen (secondary N) is 2. The maximum atomic E-state index is 12.1. The van der Waals surface area contributed by atoms with Crippen LogP contribution < -0.4 is 20.4 Å². The third kappa shape index (κ3) is 5.96. The number of aromatic nitrogens is 2. The fourth-order valence-corrected chi connectivity index (χ4v) is 3.91. The van der Waals surface area contributed by atoms with Crippen LogP contribution in [0.4, 0.5) is 28.6 Å². The summed E-state index contributed by atoms with van der Waals surface area (Å²) in [5, 5.41) is 11.1. The number of rotatable bonds is 11. The van der Waals surface area contributed by atoms with Gasteiger partial charge in [0.1, 0.15) is 24.4 Å². The summed E-state index contributed by atoms with van der Waals surface area (Å²) < 4.78 is 5.94. The summed E-state index contributed by atoms with van der Waals surface area (Å²) in [5.41, 5.74) is 5.92. The van der Waals surface area contributed by atoms with E-state index in [4.69, 9.17) is 4.74 Å². The van der Waals surface area contributed by atoms with Crippen LogP contribution in [0.1, 0.15) is 30.2 Å². The Labute approximate surface area is 211 Å². The van der Waals surface area contributed by atoms with Crippen molar-refractivity contribution < 1.29 is 4.74 Å². The van der Waals surface area contributed by atoms with Gasteiger partial charge in [-0.3, -0.25) is 0 Å². The second kappa shape index (κ2) is 11.8.